The van der Waals surface area contributed by atoms with Crippen LogP contribution in [0.15, 0.2) is 54.6 Å². The summed E-state index contributed by atoms with van der Waals surface area (Å²) in [5.74, 6) is 0.787. The quantitative estimate of drug-likeness (QED) is 0.624. The molecule has 1 aromatic heterocycles. The summed E-state index contributed by atoms with van der Waals surface area (Å²) >= 11 is 6.58. The van der Waals surface area contributed by atoms with Crippen LogP contribution in [0.1, 0.15) is 21.6 Å². The van der Waals surface area contributed by atoms with Gasteiger partial charge in [-0.3, -0.25) is 4.79 Å². The third-order valence-corrected chi connectivity index (χ3v) is 5.83. The second-order valence-electron chi connectivity index (χ2n) is 7.35. The number of benzene rings is 2. The molecule has 0 radical (unpaired) electrons. The number of anilines is 1. The summed E-state index contributed by atoms with van der Waals surface area (Å²) in [5.41, 5.74) is 3.30. The van der Waals surface area contributed by atoms with Crippen LogP contribution in [0.2, 0.25) is 5.15 Å². The van der Waals surface area contributed by atoms with Gasteiger partial charge in [0, 0.05) is 26.2 Å². The first-order valence-corrected chi connectivity index (χ1v) is 10.4. The molecule has 0 saturated carbocycles. The van der Waals surface area contributed by atoms with Crippen molar-refractivity contribution in [1.82, 2.24) is 14.7 Å². The summed E-state index contributed by atoms with van der Waals surface area (Å²) in [7, 11) is 1.68. The van der Waals surface area contributed by atoms with Gasteiger partial charge in [0.25, 0.3) is 5.91 Å². The molecule has 1 saturated heterocycles. The average molecular weight is 425 g/mol. The number of ether oxygens (including phenoxy) is 1. The number of piperazine rings is 1. The van der Waals surface area contributed by atoms with Gasteiger partial charge in [-0.15, -0.1) is 0 Å². The lowest BCUT2D eigenvalue weighted by Gasteiger charge is -2.36. The lowest BCUT2D eigenvalue weighted by Crippen LogP contribution is -2.49. The zero-order valence-corrected chi connectivity index (χ0v) is 18.0. The first-order chi connectivity index (χ1) is 14.6. The fraction of sp³-hybridized carbons (Fsp3) is 0.304. The Morgan fingerprint density at radius 2 is 1.70 bits per heavy atom. The van der Waals surface area contributed by atoms with E-state index < -0.39 is 0 Å². The van der Waals surface area contributed by atoms with E-state index in [1.807, 2.05) is 66.4 Å². The van der Waals surface area contributed by atoms with Gasteiger partial charge >= 0.3 is 0 Å². The number of nitrogens with zero attached hydrogens (tertiary/aromatic N) is 4. The molecule has 0 unspecified atom stereocenters. The first-order valence-electron chi connectivity index (χ1n) is 10.0. The van der Waals surface area contributed by atoms with Crippen molar-refractivity contribution >= 4 is 23.2 Å². The van der Waals surface area contributed by atoms with Crippen LogP contribution < -0.4 is 9.64 Å². The SMILES string of the molecule is COc1ccccc1N1CCN(C(=O)c2c(C)nn(Cc3ccccc3)c2Cl)CC1. The Morgan fingerprint density at radius 1 is 1.03 bits per heavy atom. The highest BCUT2D eigenvalue weighted by Crippen LogP contribution is 2.29. The molecule has 0 N–H and O–H groups in total. The lowest BCUT2D eigenvalue weighted by molar-refractivity contribution is 0.0746. The number of rotatable bonds is 5. The van der Waals surface area contributed by atoms with Gasteiger partial charge in [0.05, 0.1) is 30.6 Å². The van der Waals surface area contributed by atoms with Crippen molar-refractivity contribution in [1.29, 1.82) is 0 Å². The summed E-state index contributed by atoms with van der Waals surface area (Å²) in [6, 6.07) is 17.9. The van der Waals surface area contributed by atoms with Gasteiger partial charge < -0.3 is 14.5 Å². The van der Waals surface area contributed by atoms with Gasteiger partial charge in [-0.05, 0) is 24.6 Å². The number of hydrogen-bond acceptors (Lipinski definition) is 4. The van der Waals surface area contributed by atoms with Gasteiger partial charge in [-0.25, -0.2) is 4.68 Å². The van der Waals surface area contributed by atoms with E-state index in [0.717, 1.165) is 30.1 Å². The fourth-order valence-corrected chi connectivity index (χ4v) is 4.17. The minimum atomic E-state index is -0.0588. The maximum absolute atomic E-state index is 13.2. The number of carbonyl (C=O) groups is 1. The van der Waals surface area contributed by atoms with Gasteiger partial charge in [0.2, 0.25) is 0 Å². The standard InChI is InChI=1S/C23H25ClN4O2/c1-17-21(22(24)28(25-17)16-18-8-4-3-5-9-18)23(29)27-14-12-26(13-15-27)19-10-6-7-11-20(19)30-2/h3-11H,12-16H2,1-2H3. The summed E-state index contributed by atoms with van der Waals surface area (Å²) < 4.78 is 7.17. The van der Waals surface area contributed by atoms with Gasteiger partial charge in [-0.1, -0.05) is 54.1 Å². The molecule has 1 amide bonds. The first kappa shape index (κ1) is 20.3. The highest BCUT2D eigenvalue weighted by molar-refractivity contribution is 6.33. The van der Waals surface area contributed by atoms with E-state index in [1.165, 1.54) is 0 Å². The third kappa shape index (κ3) is 4.00. The average Bonchev–Trinajstić information content (AvgIpc) is 3.06. The molecule has 6 nitrogen and oxygen atoms in total. The maximum atomic E-state index is 13.2. The van der Waals surface area contributed by atoms with E-state index in [4.69, 9.17) is 16.3 Å². The van der Waals surface area contributed by atoms with E-state index in [-0.39, 0.29) is 5.91 Å². The van der Waals surface area contributed by atoms with Crippen LogP contribution in [0.25, 0.3) is 0 Å². The molecule has 2 heterocycles. The van der Waals surface area contributed by atoms with Gasteiger partial charge in [0.1, 0.15) is 10.9 Å². The monoisotopic (exact) mass is 424 g/mol. The second-order valence-corrected chi connectivity index (χ2v) is 7.70. The van der Waals surface area contributed by atoms with Crippen LogP contribution in [-0.4, -0.2) is 53.9 Å². The zero-order chi connectivity index (χ0) is 21.1. The normalized spacial score (nSPS) is 14.1. The van der Waals surface area contributed by atoms with Crippen LogP contribution in [-0.2, 0) is 6.54 Å². The molecule has 3 aromatic rings. The third-order valence-electron chi connectivity index (χ3n) is 5.45. The molecular formula is C23H25ClN4O2. The van der Waals surface area contributed by atoms with Crippen molar-refractivity contribution in [2.75, 3.05) is 38.2 Å². The van der Waals surface area contributed by atoms with E-state index >= 15 is 0 Å². The molecule has 0 bridgehead atoms. The topological polar surface area (TPSA) is 50.6 Å². The molecule has 7 heteroatoms. The zero-order valence-electron chi connectivity index (χ0n) is 17.2. The molecule has 0 aliphatic carbocycles. The lowest BCUT2D eigenvalue weighted by atomic mass is 10.2. The van der Waals surface area contributed by atoms with Crippen LogP contribution in [0.3, 0.4) is 0 Å². The summed E-state index contributed by atoms with van der Waals surface area (Å²) in [4.78, 5) is 17.3. The number of aryl methyl sites for hydroxylation is 1. The molecule has 4 rings (SSSR count). The molecule has 1 aliphatic rings. The molecular weight excluding hydrogens is 400 g/mol. The van der Waals surface area contributed by atoms with E-state index in [0.29, 0.717) is 36.0 Å². The molecule has 156 valence electrons. The fourth-order valence-electron chi connectivity index (χ4n) is 3.86. The highest BCUT2D eigenvalue weighted by atomic mass is 35.5. The van der Waals surface area contributed by atoms with E-state index in [1.54, 1.807) is 11.8 Å². The second kappa shape index (κ2) is 8.79. The number of aromatic nitrogens is 2. The summed E-state index contributed by atoms with van der Waals surface area (Å²) in [6.07, 6.45) is 0. The number of amides is 1. The molecule has 1 fully saturated rings. The Bertz CT molecular complexity index is 1030. The Kier molecular flexibility index (Phi) is 5.95. The predicted molar refractivity (Wildman–Crippen MR) is 119 cm³/mol. The molecule has 0 atom stereocenters. The smallest absolute Gasteiger partial charge is 0.259 e. The minimum Gasteiger partial charge on any atom is -0.495 e. The van der Waals surface area contributed by atoms with Gasteiger partial charge in [-0.2, -0.15) is 5.10 Å². The number of para-hydroxylation sites is 2. The van der Waals surface area contributed by atoms with Crippen molar-refractivity contribution in [3.05, 3.63) is 76.6 Å². The largest absolute Gasteiger partial charge is 0.495 e. The highest BCUT2D eigenvalue weighted by Gasteiger charge is 2.28. The Balaban J connectivity index is 1.47. The molecule has 2 aromatic carbocycles. The van der Waals surface area contributed by atoms with E-state index in [2.05, 4.69) is 10.00 Å². The van der Waals surface area contributed by atoms with E-state index in [9.17, 15) is 4.79 Å². The molecule has 0 spiro atoms. The van der Waals surface area contributed by atoms with Crippen molar-refractivity contribution in [3.63, 3.8) is 0 Å². The van der Waals surface area contributed by atoms with Crippen molar-refractivity contribution in [2.24, 2.45) is 0 Å². The van der Waals surface area contributed by atoms with Gasteiger partial charge in [0.15, 0.2) is 0 Å². The summed E-state index contributed by atoms with van der Waals surface area (Å²) in [6.45, 7) is 5.09. The van der Waals surface area contributed by atoms with Crippen molar-refractivity contribution in [2.45, 2.75) is 13.5 Å². The Morgan fingerprint density at radius 3 is 2.40 bits per heavy atom. The Hall–Kier alpha value is -2.99. The van der Waals surface area contributed by atoms with Crippen LogP contribution in [0.4, 0.5) is 5.69 Å². The summed E-state index contributed by atoms with van der Waals surface area (Å²) in [5, 5.41) is 4.91. The maximum Gasteiger partial charge on any atom is 0.259 e. The van der Waals surface area contributed by atoms with Crippen LogP contribution in [0.5, 0.6) is 5.75 Å². The predicted octanol–water partition coefficient (Wildman–Crippen LogP) is 3.86. The van der Waals surface area contributed by atoms with Crippen molar-refractivity contribution in [3.8, 4) is 5.75 Å². The van der Waals surface area contributed by atoms with Crippen molar-refractivity contribution < 1.29 is 9.53 Å². The molecule has 30 heavy (non-hydrogen) atoms. The number of methoxy groups -OCH3 is 1. The minimum absolute atomic E-state index is 0.0588. The number of hydrogen-bond donors (Lipinski definition) is 0. The Labute approximate surface area is 181 Å². The number of carbonyl (C=O) groups excluding carboxylic acids is 1. The molecule has 1 aliphatic heterocycles. The number of halogens is 1. The van der Waals surface area contributed by atoms with Crippen LogP contribution in [0, 0.1) is 6.92 Å². The van der Waals surface area contributed by atoms with Crippen LogP contribution >= 0.6 is 11.6 Å².